The van der Waals surface area contributed by atoms with E-state index in [1.54, 1.807) is 29.2 Å². The van der Waals surface area contributed by atoms with Crippen molar-refractivity contribution in [3.05, 3.63) is 64.7 Å². The number of rotatable bonds is 7. The summed E-state index contributed by atoms with van der Waals surface area (Å²) in [5.74, 6) is -0.456. The van der Waals surface area contributed by atoms with E-state index in [-0.39, 0.29) is 28.4 Å². The van der Waals surface area contributed by atoms with Crippen LogP contribution in [0.1, 0.15) is 53.7 Å². The van der Waals surface area contributed by atoms with Crippen LogP contribution in [0.15, 0.2) is 47.4 Å². The smallest absolute Gasteiger partial charge is 0.241 e. The molecule has 1 aliphatic heterocycles. The van der Waals surface area contributed by atoms with Gasteiger partial charge < -0.3 is 4.90 Å². The zero-order valence-corrected chi connectivity index (χ0v) is 20.9. The number of ketones is 1. The molecule has 0 unspecified atom stereocenters. The minimum atomic E-state index is -3.83. The number of aryl methyl sites for hydroxylation is 3. The highest BCUT2D eigenvalue weighted by Gasteiger charge is 2.35. The molecule has 1 heterocycles. The van der Waals surface area contributed by atoms with Crippen LogP contribution >= 0.6 is 0 Å². The van der Waals surface area contributed by atoms with Gasteiger partial charge in [0.25, 0.3) is 0 Å². The Morgan fingerprint density at radius 3 is 2.06 bits per heavy atom. The van der Waals surface area contributed by atoms with E-state index >= 15 is 0 Å². The Hall–Kier alpha value is -2.51. The molecule has 1 N–H and O–H groups in total. The van der Waals surface area contributed by atoms with Crippen molar-refractivity contribution in [3.8, 4) is 0 Å². The molecular weight excluding hydrogens is 436 g/mol. The summed E-state index contributed by atoms with van der Waals surface area (Å²) < 4.78 is 28.4. The van der Waals surface area contributed by atoms with Gasteiger partial charge in [-0.15, -0.1) is 0 Å². The van der Waals surface area contributed by atoms with E-state index in [1.807, 2.05) is 52.8 Å². The fourth-order valence-corrected chi connectivity index (χ4v) is 5.63. The number of carbonyl (C=O) groups excluding carboxylic acids is 2. The van der Waals surface area contributed by atoms with Crippen LogP contribution in [-0.4, -0.2) is 44.1 Å². The number of amides is 1. The zero-order chi connectivity index (χ0) is 24.3. The summed E-state index contributed by atoms with van der Waals surface area (Å²) in [6, 6.07) is 11.6. The average Bonchev–Trinajstić information content (AvgIpc) is 2.77. The summed E-state index contributed by atoms with van der Waals surface area (Å²) >= 11 is 0. The van der Waals surface area contributed by atoms with E-state index in [0.717, 1.165) is 22.3 Å². The van der Waals surface area contributed by atoms with Gasteiger partial charge in [-0.3, -0.25) is 9.59 Å². The van der Waals surface area contributed by atoms with Crippen LogP contribution in [-0.2, 0) is 14.8 Å². The molecule has 0 radical (unpaired) electrons. The molecule has 1 aliphatic rings. The summed E-state index contributed by atoms with van der Waals surface area (Å²) in [4.78, 5) is 28.1. The number of likely N-dealkylation sites (tertiary alicyclic amines) is 1. The molecule has 0 saturated carbocycles. The monoisotopic (exact) mass is 470 g/mol. The van der Waals surface area contributed by atoms with Gasteiger partial charge in [-0.25, -0.2) is 8.42 Å². The van der Waals surface area contributed by atoms with Gasteiger partial charge in [-0.05, 0) is 57.2 Å². The molecule has 1 fully saturated rings. The number of nitrogens with zero attached hydrogens (tertiary/aromatic N) is 1. The Balaban J connectivity index is 1.67. The minimum absolute atomic E-state index is 0.125. The highest BCUT2D eigenvalue weighted by atomic mass is 32.2. The number of piperidine rings is 1. The second kappa shape index (κ2) is 10.2. The number of hydrogen-bond donors (Lipinski definition) is 1. The van der Waals surface area contributed by atoms with Crippen LogP contribution in [0.4, 0.5) is 0 Å². The summed E-state index contributed by atoms with van der Waals surface area (Å²) in [5.41, 5.74) is 3.81. The summed E-state index contributed by atoms with van der Waals surface area (Å²) in [7, 11) is -3.83. The lowest BCUT2D eigenvalue weighted by atomic mass is 9.86. The van der Waals surface area contributed by atoms with Crippen molar-refractivity contribution < 1.29 is 18.0 Å². The van der Waals surface area contributed by atoms with Crippen molar-refractivity contribution >= 4 is 21.7 Å². The van der Waals surface area contributed by atoms with Gasteiger partial charge >= 0.3 is 0 Å². The van der Waals surface area contributed by atoms with E-state index in [1.165, 1.54) is 0 Å². The fraction of sp³-hybridized carbons (Fsp3) is 0.462. The van der Waals surface area contributed by atoms with Crippen molar-refractivity contribution in [3.63, 3.8) is 0 Å². The van der Waals surface area contributed by atoms with Crippen LogP contribution in [0.3, 0.4) is 0 Å². The number of benzene rings is 2. The Labute approximate surface area is 197 Å². The van der Waals surface area contributed by atoms with E-state index in [9.17, 15) is 18.0 Å². The van der Waals surface area contributed by atoms with Crippen molar-refractivity contribution in [1.82, 2.24) is 9.62 Å². The Morgan fingerprint density at radius 2 is 1.52 bits per heavy atom. The van der Waals surface area contributed by atoms with E-state index < -0.39 is 16.1 Å². The lowest BCUT2D eigenvalue weighted by Gasteiger charge is -2.35. The van der Waals surface area contributed by atoms with Gasteiger partial charge in [0.1, 0.15) is 6.04 Å². The predicted molar refractivity (Wildman–Crippen MR) is 130 cm³/mol. The summed E-state index contributed by atoms with van der Waals surface area (Å²) in [6.07, 6.45) is 1.15. The standard InChI is InChI=1S/C26H34N2O4S/c1-17(2)24(27-33(31,32)22-9-6-18(3)7-10-22)26(30)28-14-12-21(13-15-28)25(29)23-11-8-19(4)16-20(23)5/h6-11,16-17,21,24,27H,12-15H2,1-5H3/t24-/m1/s1. The number of carbonyl (C=O) groups is 2. The van der Waals surface area contributed by atoms with Crippen LogP contribution < -0.4 is 4.72 Å². The van der Waals surface area contributed by atoms with Gasteiger partial charge in [0.2, 0.25) is 15.9 Å². The van der Waals surface area contributed by atoms with Crippen molar-refractivity contribution in [1.29, 1.82) is 0 Å². The average molecular weight is 471 g/mol. The normalized spacial score (nSPS) is 16.1. The molecule has 1 amide bonds. The first kappa shape index (κ1) is 25.1. The molecule has 0 bridgehead atoms. The minimum Gasteiger partial charge on any atom is -0.341 e. The van der Waals surface area contributed by atoms with Gasteiger partial charge in [0.05, 0.1) is 4.90 Å². The number of Topliss-reactive ketones (excluding diaryl/α,β-unsaturated/α-hetero) is 1. The van der Waals surface area contributed by atoms with Crippen LogP contribution in [0, 0.1) is 32.6 Å². The SMILES string of the molecule is Cc1ccc(S(=O)(=O)N[C@@H](C(=O)N2CCC(C(=O)c3ccc(C)cc3C)CC2)C(C)C)cc1. The Morgan fingerprint density at radius 1 is 0.939 bits per heavy atom. The largest absolute Gasteiger partial charge is 0.341 e. The molecule has 1 saturated heterocycles. The molecule has 0 spiro atoms. The maximum atomic E-state index is 13.3. The molecule has 2 aromatic carbocycles. The first-order valence-electron chi connectivity index (χ1n) is 11.5. The van der Waals surface area contributed by atoms with Crippen LogP contribution in [0.5, 0.6) is 0 Å². The molecule has 6 nitrogen and oxygen atoms in total. The predicted octanol–water partition coefficient (Wildman–Crippen LogP) is 4.04. The van der Waals surface area contributed by atoms with Crippen molar-refractivity contribution in [2.24, 2.45) is 11.8 Å². The Bertz CT molecular complexity index is 1120. The third-order valence-electron chi connectivity index (χ3n) is 6.37. The van der Waals surface area contributed by atoms with Crippen LogP contribution in [0.25, 0.3) is 0 Å². The van der Waals surface area contributed by atoms with Gasteiger partial charge in [0, 0.05) is 24.6 Å². The van der Waals surface area contributed by atoms with E-state index in [2.05, 4.69) is 4.72 Å². The van der Waals surface area contributed by atoms with Gasteiger partial charge in [0.15, 0.2) is 5.78 Å². The Kier molecular flexibility index (Phi) is 7.75. The van der Waals surface area contributed by atoms with E-state index in [0.29, 0.717) is 25.9 Å². The highest BCUT2D eigenvalue weighted by molar-refractivity contribution is 7.89. The lowest BCUT2D eigenvalue weighted by Crippen LogP contribution is -2.53. The number of nitrogens with one attached hydrogen (secondary N) is 1. The summed E-state index contributed by atoms with van der Waals surface area (Å²) in [5, 5.41) is 0. The first-order chi connectivity index (χ1) is 15.5. The van der Waals surface area contributed by atoms with Crippen LogP contribution in [0.2, 0.25) is 0 Å². The molecule has 0 aromatic heterocycles. The third-order valence-corrected chi connectivity index (χ3v) is 7.83. The van der Waals surface area contributed by atoms with E-state index in [4.69, 9.17) is 0 Å². The maximum Gasteiger partial charge on any atom is 0.241 e. The zero-order valence-electron chi connectivity index (χ0n) is 20.1. The molecule has 1 atom stereocenters. The quantitative estimate of drug-likeness (QED) is 0.619. The topological polar surface area (TPSA) is 83.6 Å². The molecule has 7 heteroatoms. The first-order valence-corrected chi connectivity index (χ1v) is 13.0. The fourth-order valence-electron chi connectivity index (χ4n) is 4.29. The third kappa shape index (κ3) is 5.89. The van der Waals surface area contributed by atoms with Crippen molar-refractivity contribution in [2.45, 2.75) is 58.4 Å². The second-order valence-electron chi connectivity index (χ2n) is 9.44. The molecule has 178 valence electrons. The second-order valence-corrected chi connectivity index (χ2v) is 11.2. The maximum absolute atomic E-state index is 13.3. The molecule has 33 heavy (non-hydrogen) atoms. The highest BCUT2D eigenvalue weighted by Crippen LogP contribution is 2.25. The van der Waals surface area contributed by atoms with Gasteiger partial charge in [-0.1, -0.05) is 55.3 Å². The molecule has 0 aliphatic carbocycles. The van der Waals surface area contributed by atoms with Gasteiger partial charge in [-0.2, -0.15) is 4.72 Å². The lowest BCUT2D eigenvalue weighted by molar-refractivity contribution is -0.135. The molecule has 2 aromatic rings. The molecular formula is C26H34N2O4S. The molecule has 3 rings (SSSR count). The van der Waals surface area contributed by atoms with Crippen molar-refractivity contribution in [2.75, 3.05) is 13.1 Å². The summed E-state index contributed by atoms with van der Waals surface area (Å²) in [6.45, 7) is 10.4. The number of hydrogen-bond acceptors (Lipinski definition) is 4. The number of sulfonamides is 1.